The Morgan fingerprint density at radius 2 is 2.19 bits per heavy atom. The normalized spacial score (nSPS) is 11.7. The molecule has 0 aliphatic heterocycles. The van der Waals surface area contributed by atoms with E-state index in [1.54, 1.807) is 12.5 Å². The average molecular weight is 374 g/mol. The maximum atomic E-state index is 12.1. The summed E-state index contributed by atoms with van der Waals surface area (Å²) in [5.41, 5.74) is 5.61. The third kappa shape index (κ3) is 4.51. The lowest BCUT2D eigenvalue weighted by Gasteiger charge is -2.09. The molecule has 0 saturated heterocycles. The predicted octanol–water partition coefficient (Wildman–Crippen LogP) is 1.38. The number of nitrogens with zero attached hydrogens (tertiary/aromatic N) is 3. The summed E-state index contributed by atoms with van der Waals surface area (Å²) < 4.78 is 29.3. The number of imidazole rings is 1. The summed E-state index contributed by atoms with van der Waals surface area (Å²) in [7, 11) is -3.63. The molecule has 0 aromatic carbocycles. The molecule has 21 heavy (non-hydrogen) atoms. The van der Waals surface area contributed by atoms with Crippen LogP contribution in [0.1, 0.15) is 12.8 Å². The fourth-order valence-corrected chi connectivity index (χ4v) is 3.43. The standard InChI is InChI=1S/C12H16BrN5O2S/c13-10-7-11(12(14)16-8-10)21(19,20)17-3-1-2-5-18-6-4-15-9-18/h4,6-9,17H,1-3,5H2,(H2,14,16). The fourth-order valence-electron chi connectivity index (χ4n) is 1.77. The van der Waals surface area contributed by atoms with Crippen LogP contribution in [0.4, 0.5) is 5.82 Å². The number of nitrogen functional groups attached to an aromatic ring is 1. The lowest BCUT2D eigenvalue weighted by atomic mass is 10.3. The Morgan fingerprint density at radius 3 is 2.90 bits per heavy atom. The third-order valence-corrected chi connectivity index (χ3v) is 4.76. The highest BCUT2D eigenvalue weighted by Crippen LogP contribution is 2.20. The summed E-state index contributed by atoms with van der Waals surface area (Å²) in [5, 5.41) is 0. The summed E-state index contributed by atoms with van der Waals surface area (Å²) in [6, 6.07) is 1.44. The maximum absolute atomic E-state index is 12.1. The van der Waals surface area contributed by atoms with Crippen LogP contribution in [0.15, 0.2) is 40.4 Å². The molecule has 2 aromatic rings. The number of halogens is 1. The minimum Gasteiger partial charge on any atom is -0.383 e. The van der Waals surface area contributed by atoms with Crippen LogP contribution in [0.5, 0.6) is 0 Å². The zero-order valence-corrected chi connectivity index (χ0v) is 13.6. The van der Waals surface area contributed by atoms with E-state index in [1.165, 1.54) is 12.3 Å². The lowest BCUT2D eigenvalue weighted by molar-refractivity contribution is 0.566. The van der Waals surface area contributed by atoms with Gasteiger partial charge >= 0.3 is 0 Å². The molecule has 114 valence electrons. The Kier molecular flexibility index (Phi) is 5.32. The number of anilines is 1. The molecule has 2 heterocycles. The van der Waals surface area contributed by atoms with Gasteiger partial charge in [0.2, 0.25) is 10.0 Å². The molecular weight excluding hydrogens is 358 g/mol. The van der Waals surface area contributed by atoms with E-state index in [4.69, 9.17) is 5.73 Å². The van der Waals surface area contributed by atoms with E-state index in [1.807, 2.05) is 10.8 Å². The molecule has 7 nitrogen and oxygen atoms in total. The Balaban J connectivity index is 1.85. The number of aryl methyl sites for hydroxylation is 1. The highest BCUT2D eigenvalue weighted by molar-refractivity contribution is 9.10. The van der Waals surface area contributed by atoms with Gasteiger partial charge in [0, 0.05) is 36.2 Å². The Hall–Kier alpha value is -1.45. The second-order valence-corrected chi connectivity index (χ2v) is 7.09. The van der Waals surface area contributed by atoms with Gasteiger partial charge in [-0.25, -0.2) is 23.1 Å². The van der Waals surface area contributed by atoms with Crippen LogP contribution in [0.25, 0.3) is 0 Å². The van der Waals surface area contributed by atoms with Crippen molar-refractivity contribution in [3.05, 3.63) is 35.5 Å². The zero-order valence-electron chi connectivity index (χ0n) is 11.2. The van der Waals surface area contributed by atoms with Crippen LogP contribution in [-0.2, 0) is 16.6 Å². The van der Waals surface area contributed by atoms with E-state index in [0.29, 0.717) is 11.0 Å². The molecule has 2 aromatic heterocycles. The second-order valence-electron chi connectivity index (χ2n) is 4.44. The van der Waals surface area contributed by atoms with Crippen molar-refractivity contribution in [3.8, 4) is 0 Å². The van der Waals surface area contributed by atoms with Crippen molar-refractivity contribution in [2.75, 3.05) is 12.3 Å². The number of hydrogen-bond donors (Lipinski definition) is 2. The van der Waals surface area contributed by atoms with Crippen LogP contribution in [0.3, 0.4) is 0 Å². The summed E-state index contributed by atoms with van der Waals surface area (Å²) in [6.45, 7) is 1.16. The van der Waals surface area contributed by atoms with E-state index in [2.05, 4.69) is 30.6 Å². The molecule has 0 spiro atoms. The number of hydrogen-bond acceptors (Lipinski definition) is 5. The molecule has 0 unspecified atom stereocenters. The number of pyridine rings is 1. The third-order valence-electron chi connectivity index (χ3n) is 2.83. The highest BCUT2D eigenvalue weighted by atomic mass is 79.9. The first-order chi connectivity index (χ1) is 9.99. The van der Waals surface area contributed by atoms with Crippen molar-refractivity contribution < 1.29 is 8.42 Å². The van der Waals surface area contributed by atoms with Crippen molar-refractivity contribution in [1.29, 1.82) is 0 Å². The summed E-state index contributed by atoms with van der Waals surface area (Å²) in [5.74, 6) is -0.0101. The molecule has 0 radical (unpaired) electrons. The molecule has 0 bridgehead atoms. The second kappa shape index (κ2) is 7.01. The number of sulfonamides is 1. The van der Waals surface area contributed by atoms with Crippen LogP contribution in [-0.4, -0.2) is 29.5 Å². The van der Waals surface area contributed by atoms with E-state index in [9.17, 15) is 8.42 Å². The van der Waals surface area contributed by atoms with Crippen LogP contribution in [0, 0.1) is 0 Å². The molecule has 0 amide bonds. The van der Waals surface area contributed by atoms with Gasteiger partial charge < -0.3 is 10.3 Å². The van der Waals surface area contributed by atoms with Crippen molar-refractivity contribution in [3.63, 3.8) is 0 Å². The van der Waals surface area contributed by atoms with E-state index < -0.39 is 10.0 Å². The van der Waals surface area contributed by atoms with E-state index >= 15 is 0 Å². The van der Waals surface area contributed by atoms with Gasteiger partial charge in [-0.05, 0) is 34.8 Å². The molecule has 3 N–H and O–H groups in total. The fraction of sp³-hybridized carbons (Fsp3) is 0.333. The number of unbranched alkanes of at least 4 members (excludes halogenated alkanes) is 1. The van der Waals surface area contributed by atoms with Crippen molar-refractivity contribution >= 4 is 31.8 Å². The number of rotatable bonds is 7. The quantitative estimate of drug-likeness (QED) is 0.713. The summed E-state index contributed by atoms with van der Waals surface area (Å²) in [6.07, 6.45) is 8.35. The summed E-state index contributed by atoms with van der Waals surface area (Å²) >= 11 is 3.18. The molecule has 2 rings (SSSR count). The Labute approximate surface area is 131 Å². The molecule has 0 aliphatic rings. The SMILES string of the molecule is Nc1ncc(Br)cc1S(=O)(=O)NCCCCn1ccnc1. The van der Waals surface area contributed by atoms with Gasteiger partial charge in [-0.15, -0.1) is 0 Å². The highest BCUT2D eigenvalue weighted by Gasteiger charge is 2.18. The zero-order chi connectivity index (χ0) is 15.3. The monoisotopic (exact) mass is 373 g/mol. The van der Waals surface area contributed by atoms with Gasteiger partial charge in [0.05, 0.1) is 6.33 Å². The maximum Gasteiger partial charge on any atom is 0.244 e. The number of nitrogens with two attached hydrogens (primary N) is 1. The summed E-state index contributed by atoms with van der Waals surface area (Å²) in [4.78, 5) is 7.76. The van der Waals surface area contributed by atoms with Gasteiger partial charge in [-0.3, -0.25) is 0 Å². The van der Waals surface area contributed by atoms with Crippen molar-refractivity contribution in [2.24, 2.45) is 0 Å². The molecule has 0 atom stereocenters. The van der Waals surface area contributed by atoms with Crippen LogP contribution >= 0.6 is 15.9 Å². The van der Waals surface area contributed by atoms with Crippen LogP contribution < -0.4 is 10.5 Å². The average Bonchev–Trinajstić information content (AvgIpc) is 2.94. The van der Waals surface area contributed by atoms with E-state index in [0.717, 1.165) is 19.4 Å². The first kappa shape index (κ1) is 15.9. The Bertz CT molecular complexity index is 688. The molecule has 0 saturated carbocycles. The number of nitrogens with one attached hydrogen (secondary N) is 1. The Morgan fingerprint density at radius 1 is 1.38 bits per heavy atom. The van der Waals surface area contributed by atoms with Gasteiger partial charge in [-0.1, -0.05) is 0 Å². The van der Waals surface area contributed by atoms with Crippen LogP contribution in [0.2, 0.25) is 0 Å². The van der Waals surface area contributed by atoms with Gasteiger partial charge in [0.25, 0.3) is 0 Å². The van der Waals surface area contributed by atoms with Gasteiger partial charge in [-0.2, -0.15) is 0 Å². The molecule has 0 aliphatic carbocycles. The molecule has 0 fully saturated rings. The topological polar surface area (TPSA) is 103 Å². The first-order valence-electron chi connectivity index (χ1n) is 6.35. The first-order valence-corrected chi connectivity index (χ1v) is 8.63. The minimum atomic E-state index is -3.63. The predicted molar refractivity (Wildman–Crippen MR) is 83.0 cm³/mol. The minimum absolute atomic E-state index is 0.00788. The van der Waals surface area contributed by atoms with Crippen molar-refractivity contribution in [2.45, 2.75) is 24.3 Å². The van der Waals surface area contributed by atoms with Crippen molar-refractivity contribution in [1.82, 2.24) is 19.3 Å². The van der Waals surface area contributed by atoms with Gasteiger partial charge in [0.1, 0.15) is 10.7 Å². The molecular formula is C12H16BrN5O2S. The van der Waals surface area contributed by atoms with Gasteiger partial charge in [0.15, 0.2) is 0 Å². The smallest absolute Gasteiger partial charge is 0.244 e. The van der Waals surface area contributed by atoms with E-state index in [-0.39, 0.29) is 10.7 Å². The lowest BCUT2D eigenvalue weighted by Crippen LogP contribution is -2.26. The number of aromatic nitrogens is 3. The largest absolute Gasteiger partial charge is 0.383 e. The molecule has 9 heteroatoms.